The molecule has 23 heavy (non-hydrogen) atoms. The number of rotatable bonds is 4. The third-order valence-electron chi connectivity index (χ3n) is 3.96. The number of halogens is 1. The van der Waals surface area contributed by atoms with Gasteiger partial charge in [-0.2, -0.15) is 0 Å². The van der Waals surface area contributed by atoms with Crippen molar-refractivity contribution < 1.29 is 9.53 Å². The number of anilines is 1. The van der Waals surface area contributed by atoms with Crippen LogP contribution in [0.15, 0.2) is 16.7 Å². The van der Waals surface area contributed by atoms with Gasteiger partial charge in [0.05, 0.1) is 11.4 Å². The Morgan fingerprint density at radius 3 is 2.78 bits per heavy atom. The zero-order valence-corrected chi connectivity index (χ0v) is 15.9. The fourth-order valence-corrected chi connectivity index (χ4v) is 3.28. The average molecular weight is 384 g/mol. The van der Waals surface area contributed by atoms with Crippen molar-refractivity contribution in [3.8, 4) is 0 Å². The Balaban J connectivity index is 1.89. The smallest absolute Gasteiger partial charge is 0.407 e. The molecule has 0 saturated heterocycles. The SMILES string of the molecule is Cc1nc(Br)ccc1NC1CCCC1CNC(=O)OC(C)(C)C. The molecule has 1 aliphatic carbocycles. The maximum absolute atomic E-state index is 11.8. The van der Waals surface area contributed by atoms with E-state index in [2.05, 4.69) is 31.5 Å². The van der Waals surface area contributed by atoms with Gasteiger partial charge in [-0.25, -0.2) is 9.78 Å². The van der Waals surface area contributed by atoms with Crippen LogP contribution in [0, 0.1) is 12.8 Å². The fraction of sp³-hybridized carbons (Fsp3) is 0.647. The van der Waals surface area contributed by atoms with E-state index in [1.807, 2.05) is 39.8 Å². The van der Waals surface area contributed by atoms with Crippen LogP contribution in [0.3, 0.4) is 0 Å². The number of carbonyl (C=O) groups is 1. The van der Waals surface area contributed by atoms with Crippen LogP contribution in [-0.4, -0.2) is 29.3 Å². The number of nitrogens with zero attached hydrogens (tertiary/aromatic N) is 1. The number of hydrogen-bond donors (Lipinski definition) is 2. The van der Waals surface area contributed by atoms with Gasteiger partial charge < -0.3 is 15.4 Å². The van der Waals surface area contributed by atoms with Crippen LogP contribution in [-0.2, 0) is 4.74 Å². The number of alkyl carbamates (subject to hydrolysis) is 1. The summed E-state index contributed by atoms with van der Waals surface area (Å²) in [5.41, 5.74) is 1.57. The minimum Gasteiger partial charge on any atom is -0.444 e. The first kappa shape index (κ1) is 18.0. The number of aryl methyl sites for hydroxylation is 1. The van der Waals surface area contributed by atoms with Crippen LogP contribution >= 0.6 is 15.9 Å². The molecule has 0 spiro atoms. The first-order valence-electron chi connectivity index (χ1n) is 8.11. The summed E-state index contributed by atoms with van der Waals surface area (Å²) in [4.78, 5) is 16.2. The summed E-state index contributed by atoms with van der Waals surface area (Å²) in [5, 5.41) is 6.48. The molecule has 2 rings (SSSR count). The average Bonchev–Trinajstić information content (AvgIpc) is 2.85. The van der Waals surface area contributed by atoms with Crippen molar-refractivity contribution in [3.63, 3.8) is 0 Å². The molecule has 0 aromatic carbocycles. The van der Waals surface area contributed by atoms with Crippen molar-refractivity contribution in [2.45, 2.75) is 58.6 Å². The first-order chi connectivity index (χ1) is 10.7. The second-order valence-electron chi connectivity index (χ2n) is 7.09. The summed E-state index contributed by atoms with van der Waals surface area (Å²) in [5.74, 6) is 0.408. The molecule has 6 heteroatoms. The molecule has 1 aromatic rings. The van der Waals surface area contributed by atoms with E-state index in [1.54, 1.807) is 0 Å². The molecule has 2 unspecified atom stereocenters. The number of hydrogen-bond acceptors (Lipinski definition) is 4. The Bertz CT molecular complexity index is 557. The molecule has 1 heterocycles. The van der Waals surface area contributed by atoms with Crippen molar-refractivity contribution in [3.05, 3.63) is 22.4 Å². The molecule has 2 N–H and O–H groups in total. The molecule has 0 aliphatic heterocycles. The van der Waals surface area contributed by atoms with Gasteiger partial charge in [-0.1, -0.05) is 6.42 Å². The summed E-state index contributed by atoms with van der Waals surface area (Å²) in [6.07, 6.45) is 3.04. The van der Waals surface area contributed by atoms with E-state index in [9.17, 15) is 4.79 Å². The van der Waals surface area contributed by atoms with Gasteiger partial charge in [0.1, 0.15) is 10.2 Å². The predicted octanol–water partition coefficient (Wildman–Crippen LogP) is 4.26. The van der Waals surface area contributed by atoms with Gasteiger partial charge in [-0.15, -0.1) is 0 Å². The van der Waals surface area contributed by atoms with Gasteiger partial charge in [0.2, 0.25) is 0 Å². The Morgan fingerprint density at radius 1 is 1.39 bits per heavy atom. The molecule has 0 bridgehead atoms. The predicted molar refractivity (Wildman–Crippen MR) is 95.7 cm³/mol. The summed E-state index contributed by atoms with van der Waals surface area (Å²) in [7, 11) is 0. The normalized spacial score (nSPS) is 21.1. The van der Waals surface area contributed by atoms with E-state index in [1.165, 1.54) is 6.42 Å². The van der Waals surface area contributed by atoms with Crippen LogP contribution < -0.4 is 10.6 Å². The number of pyridine rings is 1. The molecule has 0 radical (unpaired) electrons. The van der Waals surface area contributed by atoms with E-state index in [0.717, 1.165) is 28.8 Å². The summed E-state index contributed by atoms with van der Waals surface area (Å²) in [6.45, 7) is 8.24. The molecule has 5 nitrogen and oxygen atoms in total. The van der Waals surface area contributed by atoms with Crippen molar-refractivity contribution in [2.24, 2.45) is 5.92 Å². The number of aromatic nitrogens is 1. The van der Waals surface area contributed by atoms with E-state index >= 15 is 0 Å². The van der Waals surface area contributed by atoms with E-state index in [0.29, 0.717) is 18.5 Å². The highest BCUT2D eigenvalue weighted by Gasteiger charge is 2.28. The molecule has 1 aromatic heterocycles. The van der Waals surface area contributed by atoms with Gasteiger partial charge in [-0.3, -0.25) is 0 Å². The second-order valence-corrected chi connectivity index (χ2v) is 7.90. The highest BCUT2D eigenvalue weighted by molar-refractivity contribution is 9.10. The molecular formula is C17H26BrN3O2. The highest BCUT2D eigenvalue weighted by Crippen LogP contribution is 2.29. The molecule has 128 valence electrons. The van der Waals surface area contributed by atoms with Gasteiger partial charge in [0.15, 0.2) is 0 Å². The van der Waals surface area contributed by atoms with Crippen molar-refractivity contribution >= 4 is 27.7 Å². The quantitative estimate of drug-likeness (QED) is 0.762. The summed E-state index contributed by atoms with van der Waals surface area (Å²) < 4.78 is 6.14. The lowest BCUT2D eigenvalue weighted by Crippen LogP contribution is -2.38. The number of amides is 1. The van der Waals surface area contributed by atoms with Gasteiger partial charge in [-0.05, 0) is 74.5 Å². The minimum atomic E-state index is -0.461. The zero-order valence-electron chi connectivity index (χ0n) is 14.3. The largest absolute Gasteiger partial charge is 0.444 e. The van der Waals surface area contributed by atoms with Crippen molar-refractivity contribution in [1.82, 2.24) is 10.3 Å². The standard InChI is InChI=1S/C17H26BrN3O2/c1-11-13(8-9-15(18)20-11)21-14-7-5-6-12(14)10-19-16(22)23-17(2,3)4/h8-9,12,14,21H,5-7,10H2,1-4H3,(H,19,22). The fourth-order valence-electron chi connectivity index (χ4n) is 2.88. The maximum Gasteiger partial charge on any atom is 0.407 e. The molecule has 2 atom stereocenters. The first-order valence-corrected chi connectivity index (χ1v) is 8.90. The van der Waals surface area contributed by atoms with Crippen LogP contribution in [0.1, 0.15) is 45.7 Å². The molecule has 1 aliphatic rings. The van der Waals surface area contributed by atoms with E-state index < -0.39 is 5.60 Å². The zero-order chi connectivity index (χ0) is 17.0. The van der Waals surface area contributed by atoms with E-state index in [-0.39, 0.29) is 6.09 Å². The topological polar surface area (TPSA) is 63.2 Å². The molecular weight excluding hydrogens is 358 g/mol. The van der Waals surface area contributed by atoms with Gasteiger partial charge in [0, 0.05) is 12.6 Å². The molecule has 1 saturated carbocycles. The Kier molecular flexibility index (Phi) is 5.89. The third kappa shape index (κ3) is 5.68. The minimum absolute atomic E-state index is 0.343. The van der Waals surface area contributed by atoms with Crippen LogP contribution in [0.2, 0.25) is 0 Å². The van der Waals surface area contributed by atoms with Crippen LogP contribution in [0.25, 0.3) is 0 Å². The Hall–Kier alpha value is -1.30. The Morgan fingerprint density at radius 2 is 2.13 bits per heavy atom. The lowest BCUT2D eigenvalue weighted by atomic mass is 10.0. The van der Waals surface area contributed by atoms with E-state index in [4.69, 9.17) is 4.74 Å². The lowest BCUT2D eigenvalue weighted by molar-refractivity contribution is 0.0519. The number of carbonyl (C=O) groups excluding carboxylic acids is 1. The van der Waals surface area contributed by atoms with Crippen LogP contribution in [0.5, 0.6) is 0 Å². The number of ether oxygens (including phenoxy) is 1. The maximum atomic E-state index is 11.8. The van der Waals surface area contributed by atoms with Crippen molar-refractivity contribution in [1.29, 1.82) is 0 Å². The van der Waals surface area contributed by atoms with Gasteiger partial charge >= 0.3 is 6.09 Å². The highest BCUT2D eigenvalue weighted by atomic mass is 79.9. The Labute approximate surface area is 146 Å². The summed E-state index contributed by atoms with van der Waals surface area (Å²) >= 11 is 3.39. The molecule has 1 fully saturated rings. The van der Waals surface area contributed by atoms with Crippen molar-refractivity contribution in [2.75, 3.05) is 11.9 Å². The third-order valence-corrected chi connectivity index (χ3v) is 4.40. The second kappa shape index (κ2) is 7.51. The van der Waals surface area contributed by atoms with Gasteiger partial charge in [0.25, 0.3) is 0 Å². The monoisotopic (exact) mass is 383 g/mol. The van der Waals surface area contributed by atoms with Crippen LogP contribution in [0.4, 0.5) is 10.5 Å². The number of nitrogens with one attached hydrogen (secondary N) is 2. The lowest BCUT2D eigenvalue weighted by Gasteiger charge is -2.24. The summed E-state index contributed by atoms with van der Waals surface area (Å²) in [6, 6.07) is 4.34. The molecule has 1 amide bonds.